The minimum atomic E-state index is -0.583. The number of aliphatic hydroxyl groups is 2. The van der Waals surface area contributed by atoms with Crippen molar-refractivity contribution >= 4 is 0 Å². The van der Waals surface area contributed by atoms with Crippen molar-refractivity contribution < 1.29 is 10.2 Å². The molecule has 1 saturated carbocycles. The van der Waals surface area contributed by atoms with Crippen molar-refractivity contribution in [2.45, 2.75) is 31.4 Å². The molecule has 2 bridgehead atoms. The van der Waals surface area contributed by atoms with Gasteiger partial charge in [-0.3, -0.25) is 4.90 Å². The van der Waals surface area contributed by atoms with Crippen molar-refractivity contribution in [3.63, 3.8) is 0 Å². The van der Waals surface area contributed by atoms with Crippen molar-refractivity contribution in [1.29, 1.82) is 0 Å². The van der Waals surface area contributed by atoms with E-state index in [0.29, 0.717) is 18.5 Å². The number of hydrogen-bond acceptors (Lipinski definition) is 4. The number of fused-ring (bicyclic) bond motifs is 2. The van der Waals surface area contributed by atoms with E-state index in [1.54, 1.807) is 0 Å². The Kier molecular flexibility index (Phi) is 3.61. The van der Waals surface area contributed by atoms with E-state index in [1.807, 2.05) is 0 Å². The van der Waals surface area contributed by atoms with Gasteiger partial charge in [0.15, 0.2) is 0 Å². The van der Waals surface area contributed by atoms with Crippen molar-refractivity contribution in [3.8, 4) is 0 Å². The lowest BCUT2D eigenvalue weighted by molar-refractivity contribution is 0.0547. The number of β-amino-alcohol motifs (C(OH)–C–C–N with tert-alkyl or cyclic N) is 1. The lowest BCUT2D eigenvalue weighted by Gasteiger charge is -2.28. The molecule has 4 N–H and O–H groups in total. The van der Waals surface area contributed by atoms with E-state index in [4.69, 9.17) is 10.8 Å². The Balaban J connectivity index is 1.90. The molecule has 0 aromatic rings. The maximum Gasteiger partial charge on any atom is 0.0897 e. The molecule has 4 atom stereocenters. The first-order valence-electron chi connectivity index (χ1n) is 5.97. The summed E-state index contributed by atoms with van der Waals surface area (Å²) in [5, 5.41) is 18.3. The number of hydrogen-bond donors (Lipinski definition) is 3. The molecule has 2 fully saturated rings. The van der Waals surface area contributed by atoms with Gasteiger partial charge in [0.1, 0.15) is 0 Å². The van der Waals surface area contributed by atoms with Crippen LogP contribution in [-0.4, -0.2) is 53.5 Å². The minimum absolute atomic E-state index is 0.131. The summed E-state index contributed by atoms with van der Waals surface area (Å²) in [6, 6.07) is 0.624. The molecule has 0 aromatic carbocycles. The topological polar surface area (TPSA) is 69.7 Å². The summed E-state index contributed by atoms with van der Waals surface area (Å²) >= 11 is 0. The van der Waals surface area contributed by atoms with Crippen molar-refractivity contribution in [2.75, 3.05) is 26.2 Å². The standard InChI is InChI=1S/C11H22N2O2/c12-4-8-1-2-10-3-9(8)5-13(10)6-11(15)7-14/h8-11,14-15H,1-7,12H2. The quantitative estimate of drug-likeness (QED) is 0.584. The second-order valence-corrected chi connectivity index (χ2v) is 5.01. The van der Waals surface area contributed by atoms with Gasteiger partial charge in [-0.15, -0.1) is 0 Å². The van der Waals surface area contributed by atoms with Gasteiger partial charge in [-0.05, 0) is 37.6 Å². The Morgan fingerprint density at radius 2 is 2.20 bits per heavy atom. The number of aliphatic hydroxyl groups excluding tert-OH is 2. The van der Waals surface area contributed by atoms with Gasteiger partial charge in [-0.1, -0.05) is 0 Å². The second kappa shape index (κ2) is 4.78. The van der Waals surface area contributed by atoms with Crippen LogP contribution in [0.1, 0.15) is 19.3 Å². The van der Waals surface area contributed by atoms with E-state index in [2.05, 4.69) is 4.90 Å². The highest BCUT2D eigenvalue weighted by Gasteiger charge is 2.40. The highest BCUT2D eigenvalue weighted by Crippen LogP contribution is 2.38. The third kappa shape index (κ3) is 2.33. The number of likely N-dealkylation sites (tertiary alicyclic amines) is 1. The molecule has 4 heteroatoms. The van der Waals surface area contributed by atoms with Gasteiger partial charge in [-0.2, -0.15) is 0 Å². The van der Waals surface area contributed by atoms with Gasteiger partial charge < -0.3 is 15.9 Å². The molecule has 4 nitrogen and oxygen atoms in total. The Morgan fingerprint density at radius 3 is 2.87 bits per heavy atom. The van der Waals surface area contributed by atoms with E-state index in [0.717, 1.165) is 19.0 Å². The lowest BCUT2D eigenvalue weighted by atomic mass is 9.80. The summed E-state index contributed by atoms with van der Waals surface area (Å²) in [6.45, 7) is 2.35. The van der Waals surface area contributed by atoms with Crippen LogP contribution in [0.5, 0.6) is 0 Å². The molecule has 4 unspecified atom stereocenters. The fourth-order valence-corrected chi connectivity index (χ4v) is 3.17. The zero-order valence-electron chi connectivity index (χ0n) is 9.18. The third-order valence-electron chi connectivity index (χ3n) is 4.06. The zero-order chi connectivity index (χ0) is 10.8. The fourth-order valence-electron chi connectivity index (χ4n) is 3.17. The van der Waals surface area contributed by atoms with Crippen LogP contribution < -0.4 is 5.73 Å². The second-order valence-electron chi connectivity index (χ2n) is 5.01. The SMILES string of the molecule is NCC1CCC2CC1CN2CC(O)CO. The molecule has 2 aliphatic rings. The number of nitrogens with two attached hydrogens (primary N) is 1. The van der Waals surface area contributed by atoms with Crippen LogP contribution in [0.2, 0.25) is 0 Å². The summed E-state index contributed by atoms with van der Waals surface area (Å²) in [5.74, 6) is 1.40. The van der Waals surface area contributed by atoms with E-state index >= 15 is 0 Å². The smallest absolute Gasteiger partial charge is 0.0897 e. The molecule has 2 rings (SSSR count). The maximum absolute atomic E-state index is 9.45. The van der Waals surface area contributed by atoms with Crippen molar-refractivity contribution in [2.24, 2.45) is 17.6 Å². The molecule has 15 heavy (non-hydrogen) atoms. The minimum Gasteiger partial charge on any atom is -0.394 e. The average molecular weight is 214 g/mol. The van der Waals surface area contributed by atoms with Crippen LogP contribution in [0.4, 0.5) is 0 Å². The molecule has 88 valence electrons. The van der Waals surface area contributed by atoms with Crippen LogP contribution in [-0.2, 0) is 0 Å². The van der Waals surface area contributed by atoms with Gasteiger partial charge in [0.05, 0.1) is 12.7 Å². The molecule has 0 radical (unpaired) electrons. The molecule has 0 spiro atoms. The Hall–Kier alpha value is -0.160. The summed E-state index contributed by atoms with van der Waals surface area (Å²) in [6.07, 6.45) is 3.09. The van der Waals surface area contributed by atoms with E-state index in [9.17, 15) is 5.11 Å². The average Bonchev–Trinajstić information content (AvgIpc) is 2.57. The van der Waals surface area contributed by atoms with Crippen LogP contribution in [0.15, 0.2) is 0 Å². The summed E-state index contributed by atoms with van der Waals surface area (Å²) in [5.41, 5.74) is 5.75. The van der Waals surface area contributed by atoms with Gasteiger partial charge in [0, 0.05) is 19.1 Å². The van der Waals surface area contributed by atoms with Crippen molar-refractivity contribution in [1.82, 2.24) is 4.90 Å². The predicted octanol–water partition coefficient (Wildman–Crippen LogP) is -0.601. The summed E-state index contributed by atoms with van der Waals surface area (Å²) in [7, 11) is 0. The van der Waals surface area contributed by atoms with Crippen molar-refractivity contribution in [3.05, 3.63) is 0 Å². The fraction of sp³-hybridized carbons (Fsp3) is 1.00. The Morgan fingerprint density at radius 1 is 1.40 bits per heavy atom. The first-order valence-corrected chi connectivity index (χ1v) is 5.97. The monoisotopic (exact) mass is 214 g/mol. The lowest BCUT2D eigenvalue weighted by Crippen LogP contribution is -2.37. The maximum atomic E-state index is 9.45. The van der Waals surface area contributed by atoms with Crippen LogP contribution in [0.3, 0.4) is 0 Å². The first kappa shape index (κ1) is 11.3. The number of rotatable bonds is 4. The van der Waals surface area contributed by atoms with E-state index in [-0.39, 0.29) is 6.61 Å². The van der Waals surface area contributed by atoms with E-state index < -0.39 is 6.10 Å². The summed E-state index contributed by atoms with van der Waals surface area (Å²) < 4.78 is 0. The van der Waals surface area contributed by atoms with Gasteiger partial charge in [-0.25, -0.2) is 0 Å². The third-order valence-corrected chi connectivity index (χ3v) is 4.06. The Labute approximate surface area is 91.1 Å². The molecule has 1 aliphatic carbocycles. The highest BCUT2D eigenvalue weighted by atomic mass is 16.3. The molecule has 0 aromatic heterocycles. The Bertz CT molecular complexity index is 213. The molecule has 1 heterocycles. The molecule has 0 amide bonds. The molecular formula is C11H22N2O2. The highest BCUT2D eigenvalue weighted by molar-refractivity contribution is 4.94. The zero-order valence-corrected chi connectivity index (χ0v) is 9.18. The van der Waals surface area contributed by atoms with Crippen LogP contribution >= 0.6 is 0 Å². The largest absolute Gasteiger partial charge is 0.394 e. The van der Waals surface area contributed by atoms with Crippen LogP contribution in [0, 0.1) is 11.8 Å². The summed E-state index contributed by atoms with van der Waals surface area (Å²) in [4.78, 5) is 2.33. The molecule has 1 saturated heterocycles. The van der Waals surface area contributed by atoms with E-state index in [1.165, 1.54) is 19.3 Å². The molecule has 1 aliphatic heterocycles. The van der Waals surface area contributed by atoms with Gasteiger partial charge in [0.2, 0.25) is 0 Å². The predicted molar refractivity (Wildman–Crippen MR) is 58.3 cm³/mol. The normalized spacial score (nSPS) is 38.2. The van der Waals surface area contributed by atoms with Gasteiger partial charge >= 0.3 is 0 Å². The van der Waals surface area contributed by atoms with Crippen LogP contribution in [0.25, 0.3) is 0 Å². The number of nitrogens with zero attached hydrogens (tertiary/aromatic N) is 1. The molecular weight excluding hydrogens is 192 g/mol. The first-order chi connectivity index (χ1) is 7.24. The van der Waals surface area contributed by atoms with Gasteiger partial charge in [0.25, 0.3) is 0 Å².